The van der Waals surface area contributed by atoms with Gasteiger partial charge in [-0.25, -0.2) is 4.79 Å². The number of esters is 1. The minimum Gasteiger partial charge on any atom is -0.490 e. The Hall–Kier alpha value is -1.80. The van der Waals surface area contributed by atoms with Crippen molar-refractivity contribution in [3.05, 3.63) is 18.2 Å². The van der Waals surface area contributed by atoms with Crippen molar-refractivity contribution in [1.29, 1.82) is 0 Å². The lowest BCUT2D eigenvalue weighted by Crippen LogP contribution is -2.41. The third-order valence-electron chi connectivity index (χ3n) is 4.50. The van der Waals surface area contributed by atoms with Gasteiger partial charge in [0.25, 0.3) is 0 Å². The Labute approximate surface area is 154 Å². The summed E-state index contributed by atoms with van der Waals surface area (Å²) in [5.74, 6) is -0.677. The molecule has 0 aromatic heterocycles. The molecular formula is C18H26BFO6. The predicted molar refractivity (Wildman–Crippen MR) is 95.5 cm³/mol. The summed E-state index contributed by atoms with van der Waals surface area (Å²) in [4.78, 5) is 11.4. The fourth-order valence-corrected chi connectivity index (χ4v) is 2.38. The van der Waals surface area contributed by atoms with Crippen LogP contribution in [0.4, 0.5) is 4.39 Å². The van der Waals surface area contributed by atoms with Crippen LogP contribution in [-0.4, -0.2) is 43.9 Å². The van der Waals surface area contributed by atoms with Gasteiger partial charge in [-0.1, -0.05) is 6.07 Å². The summed E-state index contributed by atoms with van der Waals surface area (Å²) in [6.07, 6.45) is -2.23. The summed E-state index contributed by atoms with van der Waals surface area (Å²) in [5, 5.41) is 0. The van der Waals surface area contributed by atoms with E-state index in [2.05, 4.69) is 4.74 Å². The summed E-state index contributed by atoms with van der Waals surface area (Å²) >= 11 is 0. The number of rotatable bonds is 7. The molecule has 0 amide bonds. The van der Waals surface area contributed by atoms with E-state index < -0.39 is 30.6 Å². The van der Waals surface area contributed by atoms with Crippen LogP contribution < -0.4 is 14.9 Å². The Balaban J connectivity index is 2.22. The van der Waals surface area contributed by atoms with Crippen molar-refractivity contribution < 1.29 is 32.7 Å². The van der Waals surface area contributed by atoms with Gasteiger partial charge >= 0.3 is 19.4 Å². The fourth-order valence-electron chi connectivity index (χ4n) is 2.38. The number of carbonyl (C=O) groups excluding carboxylic acids is 1. The third kappa shape index (κ3) is 4.30. The molecule has 2 rings (SSSR count). The molecule has 1 heterocycles. The molecule has 0 radical (unpaired) electrons. The van der Waals surface area contributed by atoms with Crippen molar-refractivity contribution in [3.63, 3.8) is 0 Å². The first-order valence-corrected chi connectivity index (χ1v) is 8.71. The average Bonchev–Trinajstić information content (AvgIpc) is 2.77. The van der Waals surface area contributed by atoms with Crippen LogP contribution in [0.1, 0.15) is 41.5 Å². The van der Waals surface area contributed by atoms with Crippen molar-refractivity contribution in [2.24, 2.45) is 0 Å². The van der Waals surface area contributed by atoms with Gasteiger partial charge in [0.15, 0.2) is 11.5 Å². The van der Waals surface area contributed by atoms with Crippen molar-refractivity contribution >= 4 is 18.6 Å². The standard InChI is InChI=1S/C18H26BFO6/c1-7-22-14-11-12(19-25-17(3,4)18(5,6)26-19)9-10-13(14)24-15(20)16(21)23-8-2/h9-11,15H,7-8H2,1-6H3. The van der Waals surface area contributed by atoms with Gasteiger partial charge < -0.3 is 23.5 Å². The van der Waals surface area contributed by atoms with E-state index in [1.165, 1.54) is 6.07 Å². The Bertz CT molecular complexity index is 633. The molecule has 0 aliphatic carbocycles. The van der Waals surface area contributed by atoms with Crippen molar-refractivity contribution in [2.75, 3.05) is 13.2 Å². The van der Waals surface area contributed by atoms with Crippen LogP contribution in [-0.2, 0) is 18.8 Å². The molecule has 1 atom stereocenters. The number of benzene rings is 1. The molecule has 0 N–H and O–H groups in total. The van der Waals surface area contributed by atoms with Crippen molar-refractivity contribution in [1.82, 2.24) is 0 Å². The van der Waals surface area contributed by atoms with Crippen LogP contribution in [0, 0.1) is 0 Å². The highest BCUT2D eigenvalue weighted by molar-refractivity contribution is 6.62. The Morgan fingerprint density at radius 3 is 2.27 bits per heavy atom. The van der Waals surface area contributed by atoms with Crippen LogP contribution >= 0.6 is 0 Å². The van der Waals surface area contributed by atoms with Gasteiger partial charge in [-0.2, -0.15) is 4.39 Å². The second-order valence-corrected chi connectivity index (χ2v) is 6.91. The molecular weight excluding hydrogens is 342 g/mol. The van der Waals surface area contributed by atoms with Crippen LogP contribution in [0.15, 0.2) is 18.2 Å². The minimum atomic E-state index is -2.23. The normalized spacial score (nSPS) is 19.1. The lowest BCUT2D eigenvalue weighted by atomic mass is 9.79. The summed E-state index contributed by atoms with van der Waals surface area (Å²) < 4.78 is 41.1. The molecule has 144 valence electrons. The van der Waals surface area contributed by atoms with Crippen LogP contribution in [0.2, 0.25) is 0 Å². The number of halogens is 1. The van der Waals surface area contributed by atoms with Crippen LogP contribution in [0.25, 0.3) is 0 Å². The quantitative estimate of drug-likeness (QED) is 0.545. The summed E-state index contributed by atoms with van der Waals surface area (Å²) in [6.45, 7) is 11.6. The molecule has 1 aromatic rings. The smallest absolute Gasteiger partial charge is 0.490 e. The van der Waals surface area contributed by atoms with Gasteiger partial charge in [0.1, 0.15) is 0 Å². The maximum atomic E-state index is 13.9. The molecule has 0 spiro atoms. The Morgan fingerprint density at radius 1 is 1.12 bits per heavy atom. The average molecular weight is 368 g/mol. The molecule has 1 aromatic carbocycles. The van der Waals surface area contributed by atoms with Gasteiger partial charge in [-0.3, -0.25) is 0 Å². The number of hydrogen-bond donors (Lipinski definition) is 0. The summed E-state index contributed by atoms with van der Waals surface area (Å²) in [6, 6.07) is 4.88. The minimum absolute atomic E-state index is 0.0712. The molecule has 0 saturated carbocycles. The molecule has 1 unspecified atom stereocenters. The highest BCUT2D eigenvalue weighted by atomic mass is 19.1. The second-order valence-electron chi connectivity index (χ2n) is 6.91. The zero-order valence-corrected chi connectivity index (χ0v) is 16.1. The zero-order valence-electron chi connectivity index (χ0n) is 16.1. The summed E-state index contributed by atoms with van der Waals surface area (Å²) in [7, 11) is -0.584. The van der Waals surface area contributed by atoms with Crippen LogP contribution in [0.3, 0.4) is 0 Å². The predicted octanol–water partition coefficient (Wildman–Crippen LogP) is 2.62. The lowest BCUT2D eigenvalue weighted by Gasteiger charge is -2.32. The molecule has 6 nitrogen and oxygen atoms in total. The Kier molecular flexibility index (Phi) is 6.19. The van der Waals surface area contributed by atoms with E-state index in [9.17, 15) is 9.18 Å². The maximum Gasteiger partial charge on any atom is 0.494 e. The number of alkyl halides is 1. The summed E-state index contributed by atoms with van der Waals surface area (Å²) in [5.41, 5.74) is -0.245. The fraction of sp³-hybridized carbons (Fsp3) is 0.611. The first kappa shape index (κ1) is 20.5. The number of carbonyl (C=O) groups is 1. The van der Waals surface area contributed by atoms with Crippen molar-refractivity contribution in [2.45, 2.75) is 59.1 Å². The van der Waals surface area contributed by atoms with E-state index in [0.717, 1.165) is 0 Å². The largest absolute Gasteiger partial charge is 0.494 e. The lowest BCUT2D eigenvalue weighted by molar-refractivity contribution is -0.159. The van der Waals surface area contributed by atoms with Gasteiger partial charge in [0.2, 0.25) is 0 Å². The molecule has 1 saturated heterocycles. The third-order valence-corrected chi connectivity index (χ3v) is 4.50. The topological polar surface area (TPSA) is 63.2 Å². The van der Waals surface area contributed by atoms with Crippen molar-refractivity contribution in [3.8, 4) is 11.5 Å². The van der Waals surface area contributed by atoms with E-state index in [-0.39, 0.29) is 12.4 Å². The first-order valence-electron chi connectivity index (χ1n) is 8.71. The molecule has 1 aliphatic rings. The van der Waals surface area contributed by atoms with E-state index in [1.807, 2.05) is 27.7 Å². The number of ether oxygens (including phenoxy) is 3. The van der Waals surface area contributed by atoms with Gasteiger partial charge in [0.05, 0.1) is 24.4 Å². The first-order chi connectivity index (χ1) is 12.1. The molecule has 8 heteroatoms. The van der Waals surface area contributed by atoms with Crippen LogP contribution in [0.5, 0.6) is 11.5 Å². The van der Waals surface area contributed by atoms with Gasteiger partial charge in [-0.05, 0) is 59.1 Å². The zero-order chi connectivity index (χ0) is 19.5. The Morgan fingerprint density at radius 2 is 1.73 bits per heavy atom. The highest BCUT2D eigenvalue weighted by Gasteiger charge is 2.51. The monoisotopic (exact) mass is 368 g/mol. The SMILES string of the molecule is CCOC(=O)C(F)Oc1ccc(B2OC(C)(C)C(C)(C)O2)cc1OCC. The van der Waals surface area contributed by atoms with Gasteiger partial charge in [0, 0.05) is 0 Å². The molecule has 26 heavy (non-hydrogen) atoms. The maximum absolute atomic E-state index is 13.9. The second kappa shape index (κ2) is 7.84. The van der Waals surface area contributed by atoms with Gasteiger partial charge in [-0.15, -0.1) is 0 Å². The van der Waals surface area contributed by atoms with E-state index in [4.69, 9.17) is 18.8 Å². The highest BCUT2D eigenvalue weighted by Crippen LogP contribution is 2.37. The molecule has 1 fully saturated rings. The van der Waals surface area contributed by atoms with E-state index in [1.54, 1.807) is 26.0 Å². The molecule has 0 bridgehead atoms. The van der Waals surface area contributed by atoms with E-state index in [0.29, 0.717) is 17.8 Å². The number of hydrogen-bond acceptors (Lipinski definition) is 6. The van der Waals surface area contributed by atoms with E-state index >= 15 is 0 Å². The molecule has 1 aliphatic heterocycles.